The fraction of sp³-hybridized carbons (Fsp3) is 0.240. The van der Waals surface area contributed by atoms with Gasteiger partial charge in [0.15, 0.2) is 0 Å². The van der Waals surface area contributed by atoms with Gasteiger partial charge < -0.3 is 4.90 Å². The molecule has 4 heterocycles. The first-order valence-electron chi connectivity index (χ1n) is 11.1. The molecule has 2 aromatic carbocycles. The standard InChI is InChI=1S/C25H24N6O/c32-25-15-19(18-3-5-23-20(13-18)16-26-28-23)7-10-30(25)22-4-6-24-21(14-22)17-27-31(24)12-11-29-8-1-2-9-29/h3-7,10,13-17H,1-2,8-9,11-12H2,(H,26,28). The summed E-state index contributed by atoms with van der Waals surface area (Å²) < 4.78 is 3.75. The second kappa shape index (κ2) is 7.76. The van der Waals surface area contributed by atoms with E-state index in [9.17, 15) is 4.79 Å². The number of benzene rings is 2. The Morgan fingerprint density at radius 3 is 2.62 bits per heavy atom. The molecule has 0 bridgehead atoms. The van der Waals surface area contributed by atoms with E-state index in [1.165, 1.54) is 25.9 Å². The minimum Gasteiger partial charge on any atom is -0.301 e. The van der Waals surface area contributed by atoms with E-state index in [1.54, 1.807) is 16.8 Å². The number of hydrogen-bond acceptors (Lipinski definition) is 4. The first-order valence-corrected chi connectivity index (χ1v) is 11.1. The summed E-state index contributed by atoms with van der Waals surface area (Å²) in [7, 11) is 0. The highest BCUT2D eigenvalue weighted by atomic mass is 16.1. The number of pyridine rings is 1. The number of H-pyrrole nitrogens is 1. The van der Waals surface area contributed by atoms with Crippen LogP contribution in [0, 0.1) is 0 Å². The predicted molar refractivity (Wildman–Crippen MR) is 126 cm³/mol. The fourth-order valence-corrected chi connectivity index (χ4v) is 4.64. The molecule has 1 aliphatic rings. The molecule has 1 N–H and O–H groups in total. The van der Waals surface area contributed by atoms with Gasteiger partial charge in [-0.25, -0.2) is 0 Å². The summed E-state index contributed by atoms with van der Waals surface area (Å²) in [4.78, 5) is 15.4. The molecule has 7 nitrogen and oxygen atoms in total. The van der Waals surface area contributed by atoms with Gasteiger partial charge in [0.2, 0.25) is 0 Å². The van der Waals surface area contributed by atoms with Gasteiger partial charge in [-0.2, -0.15) is 10.2 Å². The molecule has 0 unspecified atom stereocenters. The number of nitrogens with one attached hydrogen (secondary N) is 1. The van der Waals surface area contributed by atoms with Crippen LogP contribution in [-0.2, 0) is 6.54 Å². The molecule has 7 heteroatoms. The minimum absolute atomic E-state index is 0.0597. The maximum absolute atomic E-state index is 12.9. The number of nitrogens with zero attached hydrogens (tertiary/aromatic N) is 5. The third kappa shape index (κ3) is 3.40. The van der Waals surface area contributed by atoms with Crippen LogP contribution in [0.4, 0.5) is 0 Å². The van der Waals surface area contributed by atoms with E-state index in [0.29, 0.717) is 0 Å². The molecule has 0 saturated carbocycles. The lowest BCUT2D eigenvalue weighted by Crippen LogP contribution is -2.24. The molecule has 1 saturated heterocycles. The Labute approximate surface area is 184 Å². The topological polar surface area (TPSA) is 71.7 Å². The van der Waals surface area contributed by atoms with Crippen LogP contribution in [-0.4, -0.2) is 49.1 Å². The Morgan fingerprint density at radius 2 is 1.75 bits per heavy atom. The zero-order valence-corrected chi connectivity index (χ0v) is 17.7. The van der Waals surface area contributed by atoms with Crippen molar-refractivity contribution in [3.05, 3.63) is 77.5 Å². The molecule has 0 aliphatic carbocycles. The lowest BCUT2D eigenvalue weighted by atomic mass is 10.1. The van der Waals surface area contributed by atoms with Crippen LogP contribution in [0.3, 0.4) is 0 Å². The van der Waals surface area contributed by atoms with E-state index in [-0.39, 0.29) is 5.56 Å². The molecule has 0 amide bonds. The van der Waals surface area contributed by atoms with Crippen LogP contribution in [0.1, 0.15) is 12.8 Å². The zero-order valence-electron chi connectivity index (χ0n) is 17.7. The van der Waals surface area contributed by atoms with Crippen LogP contribution in [0.15, 0.2) is 71.9 Å². The summed E-state index contributed by atoms with van der Waals surface area (Å²) >= 11 is 0. The van der Waals surface area contributed by atoms with E-state index >= 15 is 0 Å². The van der Waals surface area contributed by atoms with Crippen LogP contribution in [0.25, 0.3) is 38.6 Å². The van der Waals surface area contributed by atoms with Crippen molar-refractivity contribution in [2.45, 2.75) is 19.4 Å². The monoisotopic (exact) mass is 424 g/mol. The second-order valence-electron chi connectivity index (χ2n) is 8.46. The van der Waals surface area contributed by atoms with Gasteiger partial charge in [0.25, 0.3) is 5.56 Å². The van der Waals surface area contributed by atoms with Crippen molar-refractivity contribution >= 4 is 21.8 Å². The van der Waals surface area contributed by atoms with Gasteiger partial charge in [-0.05, 0) is 73.5 Å². The Morgan fingerprint density at radius 1 is 0.875 bits per heavy atom. The molecule has 5 aromatic rings. The van der Waals surface area contributed by atoms with Gasteiger partial charge in [0, 0.05) is 35.3 Å². The summed E-state index contributed by atoms with van der Waals surface area (Å²) in [5, 5.41) is 13.7. The fourth-order valence-electron chi connectivity index (χ4n) is 4.64. The van der Waals surface area contributed by atoms with E-state index in [4.69, 9.17) is 0 Å². The van der Waals surface area contributed by atoms with Crippen LogP contribution in [0.2, 0.25) is 0 Å². The number of aromatic amines is 1. The molecule has 1 fully saturated rings. The van der Waals surface area contributed by atoms with Crippen molar-refractivity contribution in [3.8, 4) is 16.8 Å². The predicted octanol–water partition coefficient (Wildman–Crippen LogP) is 3.83. The largest absolute Gasteiger partial charge is 0.301 e. The van der Waals surface area contributed by atoms with Crippen molar-refractivity contribution in [3.63, 3.8) is 0 Å². The zero-order chi connectivity index (χ0) is 21.5. The summed E-state index contributed by atoms with van der Waals surface area (Å²) in [6.07, 6.45) is 8.13. The first-order chi connectivity index (χ1) is 15.7. The molecule has 32 heavy (non-hydrogen) atoms. The summed E-state index contributed by atoms with van der Waals surface area (Å²) in [6, 6.07) is 15.8. The molecule has 3 aromatic heterocycles. The minimum atomic E-state index is -0.0597. The highest BCUT2D eigenvalue weighted by Crippen LogP contribution is 2.23. The molecule has 1 aliphatic heterocycles. The molecule has 6 rings (SSSR count). The lowest BCUT2D eigenvalue weighted by Gasteiger charge is -2.14. The van der Waals surface area contributed by atoms with Gasteiger partial charge in [0.1, 0.15) is 0 Å². The van der Waals surface area contributed by atoms with E-state index < -0.39 is 0 Å². The Kier molecular flexibility index (Phi) is 4.61. The van der Waals surface area contributed by atoms with Gasteiger partial charge in [-0.1, -0.05) is 6.07 Å². The van der Waals surface area contributed by atoms with Gasteiger partial charge in [0.05, 0.1) is 30.0 Å². The lowest BCUT2D eigenvalue weighted by molar-refractivity contribution is 0.318. The normalized spacial score (nSPS) is 14.6. The van der Waals surface area contributed by atoms with Gasteiger partial charge in [-0.15, -0.1) is 0 Å². The Balaban J connectivity index is 1.28. The number of likely N-dealkylation sites (tertiary alicyclic amines) is 1. The van der Waals surface area contributed by atoms with Crippen LogP contribution in [0.5, 0.6) is 0 Å². The maximum Gasteiger partial charge on any atom is 0.255 e. The number of aromatic nitrogens is 5. The third-order valence-electron chi connectivity index (χ3n) is 6.42. The van der Waals surface area contributed by atoms with Crippen molar-refractivity contribution in [2.75, 3.05) is 19.6 Å². The number of fused-ring (bicyclic) bond motifs is 2. The highest BCUT2D eigenvalue weighted by molar-refractivity contribution is 5.84. The van der Waals surface area contributed by atoms with Crippen molar-refractivity contribution in [1.29, 1.82) is 0 Å². The number of hydrogen-bond donors (Lipinski definition) is 1. The smallest absolute Gasteiger partial charge is 0.255 e. The SMILES string of the molecule is O=c1cc(-c2ccc3[nH]ncc3c2)ccn1-c1ccc2c(cnn2CCN2CCCC2)c1. The van der Waals surface area contributed by atoms with E-state index in [1.807, 2.05) is 48.8 Å². The number of rotatable bonds is 5. The van der Waals surface area contributed by atoms with Crippen LogP contribution < -0.4 is 5.56 Å². The maximum atomic E-state index is 12.9. The van der Waals surface area contributed by atoms with Crippen molar-refractivity contribution < 1.29 is 0 Å². The molecule has 160 valence electrons. The quantitative estimate of drug-likeness (QED) is 0.466. The van der Waals surface area contributed by atoms with E-state index in [2.05, 4.69) is 30.9 Å². The second-order valence-corrected chi connectivity index (χ2v) is 8.46. The molecule has 0 spiro atoms. The van der Waals surface area contributed by atoms with E-state index in [0.717, 1.165) is 51.7 Å². The third-order valence-corrected chi connectivity index (χ3v) is 6.42. The van der Waals surface area contributed by atoms with Crippen molar-refractivity contribution in [2.24, 2.45) is 0 Å². The highest BCUT2D eigenvalue weighted by Gasteiger charge is 2.12. The van der Waals surface area contributed by atoms with Crippen LogP contribution >= 0.6 is 0 Å². The molecule has 0 radical (unpaired) electrons. The summed E-state index contributed by atoms with van der Waals surface area (Å²) in [5.74, 6) is 0. The van der Waals surface area contributed by atoms with Gasteiger partial charge in [-0.3, -0.25) is 19.1 Å². The molecular formula is C25H24N6O. The average molecular weight is 425 g/mol. The Hall–Kier alpha value is -3.71. The Bertz CT molecular complexity index is 1470. The first kappa shape index (κ1) is 19.0. The summed E-state index contributed by atoms with van der Waals surface area (Å²) in [5.41, 5.74) is 4.76. The van der Waals surface area contributed by atoms with Gasteiger partial charge >= 0.3 is 0 Å². The van der Waals surface area contributed by atoms with Crippen molar-refractivity contribution in [1.82, 2.24) is 29.4 Å². The average Bonchev–Trinajstić information content (AvgIpc) is 3.57. The molecule has 0 atom stereocenters. The summed E-state index contributed by atoms with van der Waals surface area (Å²) in [6.45, 7) is 4.30. The molecular weight excluding hydrogens is 400 g/mol.